The Kier molecular flexibility index (Phi) is 6.36. The zero-order valence-corrected chi connectivity index (χ0v) is 17.7. The topological polar surface area (TPSA) is 101 Å². The molecule has 3 rings (SSSR count). The van der Waals surface area contributed by atoms with Crippen LogP contribution < -0.4 is 10.6 Å². The molecule has 1 aliphatic rings. The Balaban J connectivity index is 1.68. The van der Waals surface area contributed by atoms with E-state index in [1.165, 1.54) is 0 Å². The summed E-state index contributed by atoms with van der Waals surface area (Å²) < 4.78 is 7.82. The van der Waals surface area contributed by atoms with Crippen molar-refractivity contribution in [3.05, 3.63) is 46.5 Å². The number of aromatic amines is 1. The van der Waals surface area contributed by atoms with Gasteiger partial charge in [0.25, 0.3) is 0 Å². The second-order valence-electron chi connectivity index (χ2n) is 8.15. The van der Waals surface area contributed by atoms with Crippen LogP contribution in [0.2, 0.25) is 0 Å². The summed E-state index contributed by atoms with van der Waals surface area (Å²) in [6, 6.07) is 9.10. The third-order valence-electron chi connectivity index (χ3n) is 4.40. The Morgan fingerprint density at radius 3 is 2.62 bits per heavy atom. The van der Waals surface area contributed by atoms with Crippen LogP contribution in [0.5, 0.6) is 0 Å². The lowest BCUT2D eigenvalue weighted by molar-refractivity contribution is -0.123. The van der Waals surface area contributed by atoms with Crippen molar-refractivity contribution in [2.75, 3.05) is 0 Å². The average molecular weight is 418 g/mol. The number of amides is 2. The van der Waals surface area contributed by atoms with Crippen LogP contribution in [0.1, 0.15) is 51.0 Å². The zero-order chi connectivity index (χ0) is 21.0. The smallest absolute Gasteiger partial charge is 0.408 e. The zero-order valence-electron chi connectivity index (χ0n) is 16.9. The minimum Gasteiger partial charge on any atom is -0.444 e. The van der Waals surface area contributed by atoms with E-state index >= 15 is 0 Å². The molecule has 0 aliphatic heterocycles. The molecule has 0 saturated heterocycles. The number of alkyl carbamates (subject to hydrolysis) is 1. The minimum atomic E-state index is -0.775. The van der Waals surface area contributed by atoms with Crippen molar-refractivity contribution in [1.29, 1.82) is 0 Å². The highest BCUT2D eigenvalue weighted by atomic mass is 32.1. The van der Waals surface area contributed by atoms with Crippen LogP contribution in [0.4, 0.5) is 4.79 Å². The second kappa shape index (κ2) is 8.77. The van der Waals surface area contributed by atoms with E-state index in [4.69, 9.17) is 17.0 Å². The molecular formula is C20H27N5O3S. The van der Waals surface area contributed by atoms with Crippen molar-refractivity contribution < 1.29 is 14.3 Å². The molecule has 0 radical (unpaired) electrons. The number of hydrogen-bond donors (Lipinski definition) is 3. The number of nitrogens with zero attached hydrogens (tertiary/aromatic N) is 2. The normalized spacial score (nSPS) is 14.9. The van der Waals surface area contributed by atoms with Gasteiger partial charge in [-0.05, 0) is 51.4 Å². The van der Waals surface area contributed by atoms with Gasteiger partial charge in [-0.15, -0.1) is 0 Å². The molecule has 1 aromatic heterocycles. The van der Waals surface area contributed by atoms with E-state index in [2.05, 4.69) is 20.8 Å². The number of aromatic nitrogens is 3. The van der Waals surface area contributed by atoms with Crippen LogP contribution >= 0.6 is 12.2 Å². The van der Waals surface area contributed by atoms with E-state index in [1.807, 2.05) is 34.9 Å². The molecule has 1 aliphatic carbocycles. The van der Waals surface area contributed by atoms with Crippen LogP contribution in [-0.4, -0.2) is 38.4 Å². The highest BCUT2D eigenvalue weighted by Gasteiger charge is 2.28. The maximum Gasteiger partial charge on any atom is 0.408 e. The van der Waals surface area contributed by atoms with Crippen LogP contribution in [0.15, 0.2) is 30.3 Å². The van der Waals surface area contributed by atoms with Crippen LogP contribution in [0.25, 0.3) is 0 Å². The van der Waals surface area contributed by atoms with Gasteiger partial charge in [-0.1, -0.05) is 30.3 Å². The second-order valence-corrected chi connectivity index (χ2v) is 8.54. The van der Waals surface area contributed by atoms with Crippen molar-refractivity contribution in [3.63, 3.8) is 0 Å². The van der Waals surface area contributed by atoms with Crippen LogP contribution in [0, 0.1) is 4.77 Å². The largest absolute Gasteiger partial charge is 0.444 e. The number of H-pyrrole nitrogens is 1. The highest BCUT2D eigenvalue weighted by molar-refractivity contribution is 7.71. The van der Waals surface area contributed by atoms with Crippen molar-refractivity contribution in [3.8, 4) is 0 Å². The number of rotatable bonds is 7. The lowest BCUT2D eigenvalue weighted by atomic mass is 10.1. The number of hydrogen-bond acceptors (Lipinski definition) is 5. The fraction of sp³-hybridized carbons (Fsp3) is 0.500. The standard InChI is InChI=1S/C20H27N5O3S/c1-20(2,3)28-19(27)22-15(11-13-7-5-4-6-8-13)17(26)21-12-16-23-24-18(29)25(16)14-9-10-14/h4-8,14-15H,9-12H2,1-3H3,(H,21,26)(H,22,27)(H,24,29). The Morgan fingerprint density at radius 2 is 2.00 bits per heavy atom. The van der Waals surface area contributed by atoms with E-state index in [-0.39, 0.29) is 12.5 Å². The summed E-state index contributed by atoms with van der Waals surface area (Å²) in [6.45, 7) is 5.56. The molecule has 1 saturated carbocycles. The molecule has 8 nitrogen and oxygen atoms in total. The van der Waals surface area contributed by atoms with Gasteiger partial charge in [0, 0.05) is 12.5 Å². The summed E-state index contributed by atoms with van der Waals surface area (Å²) in [5.74, 6) is 0.373. The molecule has 9 heteroatoms. The lowest BCUT2D eigenvalue weighted by Crippen LogP contribution is -2.49. The summed E-state index contributed by atoms with van der Waals surface area (Å²) in [5.41, 5.74) is 0.284. The van der Waals surface area contributed by atoms with Crippen molar-refractivity contribution in [1.82, 2.24) is 25.4 Å². The first-order valence-electron chi connectivity index (χ1n) is 9.70. The van der Waals surface area contributed by atoms with Gasteiger partial charge in [0.15, 0.2) is 10.6 Å². The highest BCUT2D eigenvalue weighted by Crippen LogP contribution is 2.35. The molecule has 0 bridgehead atoms. The van der Waals surface area contributed by atoms with E-state index < -0.39 is 17.7 Å². The first-order chi connectivity index (χ1) is 13.7. The summed E-state index contributed by atoms with van der Waals surface area (Å²) in [5, 5.41) is 12.6. The molecule has 2 amide bonds. The lowest BCUT2D eigenvalue weighted by Gasteiger charge is -2.23. The summed E-state index contributed by atoms with van der Waals surface area (Å²) in [7, 11) is 0. The van der Waals surface area contributed by atoms with Crippen LogP contribution in [0.3, 0.4) is 0 Å². The molecule has 0 spiro atoms. The van der Waals surface area contributed by atoms with Gasteiger partial charge in [0.05, 0.1) is 6.54 Å². The summed E-state index contributed by atoms with van der Waals surface area (Å²) >= 11 is 5.27. The molecule has 1 fully saturated rings. The van der Waals surface area contributed by atoms with Crippen molar-refractivity contribution >= 4 is 24.2 Å². The molecule has 2 aromatic rings. The summed E-state index contributed by atoms with van der Waals surface area (Å²) in [6.07, 6.45) is 1.84. The molecular weight excluding hydrogens is 390 g/mol. The Hall–Kier alpha value is -2.68. The molecule has 3 N–H and O–H groups in total. The van der Waals surface area contributed by atoms with Gasteiger partial charge in [-0.25, -0.2) is 4.79 Å². The third kappa shape index (κ3) is 6.15. The monoisotopic (exact) mass is 417 g/mol. The van der Waals surface area contributed by atoms with Gasteiger partial charge >= 0.3 is 6.09 Å². The maximum absolute atomic E-state index is 12.9. The minimum absolute atomic E-state index is 0.226. The third-order valence-corrected chi connectivity index (χ3v) is 4.69. The number of carbonyl (C=O) groups excluding carboxylic acids is 2. The number of carbonyl (C=O) groups is 2. The quantitative estimate of drug-likeness (QED) is 0.601. The molecule has 1 atom stereocenters. The molecule has 1 aromatic carbocycles. The van der Waals surface area contributed by atoms with Gasteiger partial charge in [0.2, 0.25) is 5.91 Å². The molecule has 1 heterocycles. The fourth-order valence-electron chi connectivity index (χ4n) is 2.97. The number of nitrogens with one attached hydrogen (secondary N) is 3. The predicted molar refractivity (Wildman–Crippen MR) is 111 cm³/mol. The van der Waals surface area contributed by atoms with Gasteiger partial charge in [0.1, 0.15) is 11.6 Å². The molecule has 1 unspecified atom stereocenters. The van der Waals surface area contributed by atoms with Crippen molar-refractivity contribution in [2.24, 2.45) is 0 Å². The fourth-order valence-corrected chi connectivity index (χ4v) is 3.27. The first-order valence-corrected chi connectivity index (χ1v) is 10.1. The van der Waals surface area contributed by atoms with Gasteiger partial charge in [-0.2, -0.15) is 5.10 Å². The predicted octanol–water partition coefficient (Wildman–Crippen LogP) is 3.03. The van der Waals surface area contributed by atoms with Crippen molar-refractivity contribution in [2.45, 2.75) is 64.3 Å². The van der Waals surface area contributed by atoms with Crippen LogP contribution in [-0.2, 0) is 22.5 Å². The Bertz CT molecular complexity index is 912. The molecule has 29 heavy (non-hydrogen) atoms. The average Bonchev–Trinajstić information content (AvgIpc) is 3.41. The van der Waals surface area contributed by atoms with E-state index in [9.17, 15) is 9.59 Å². The molecule has 156 valence electrons. The summed E-state index contributed by atoms with van der Waals surface area (Å²) in [4.78, 5) is 25.1. The Morgan fingerprint density at radius 1 is 1.31 bits per heavy atom. The maximum atomic E-state index is 12.9. The van der Waals surface area contributed by atoms with Gasteiger partial charge in [-0.3, -0.25) is 14.5 Å². The van der Waals surface area contributed by atoms with E-state index in [0.717, 1.165) is 18.4 Å². The van der Waals surface area contributed by atoms with Gasteiger partial charge < -0.3 is 15.4 Å². The van der Waals surface area contributed by atoms with E-state index in [1.54, 1.807) is 20.8 Å². The van der Waals surface area contributed by atoms with E-state index in [0.29, 0.717) is 23.1 Å². The SMILES string of the molecule is CC(C)(C)OC(=O)NC(Cc1ccccc1)C(=O)NCc1n[nH]c(=S)n1C1CC1. The Labute approximate surface area is 175 Å². The first kappa shape index (κ1) is 21.0. The number of ether oxygens (including phenoxy) is 1. The number of benzene rings is 1.